The summed E-state index contributed by atoms with van der Waals surface area (Å²) < 4.78 is 2.65. The highest BCUT2D eigenvalue weighted by Crippen LogP contribution is 2.42. The molecule has 0 radical (unpaired) electrons. The number of unbranched alkanes of at least 4 members (excludes halogenated alkanes) is 1. The Hall–Kier alpha value is -0.760. The van der Waals surface area contributed by atoms with Gasteiger partial charge in [-0.15, -0.1) is 0 Å². The third-order valence-electron chi connectivity index (χ3n) is 5.06. The largest absolute Gasteiger partial charge is 0.346 e. The van der Waals surface area contributed by atoms with Gasteiger partial charge in [0.1, 0.15) is 0 Å². The third kappa shape index (κ3) is 3.53. The van der Waals surface area contributed by atoms with Crippen LogP contribution in [0.4, 0.5) is 0 Å². The fourth-order valence-electron chi connectivity index (χ4n) is 4.15. The summed E-state index contributed by atoms with van der Waals surface area (Å²) in [6.07, 6.45) is 8.75. The average molecular weight is 290 g/mol. The average Bonchev–Trinajstić information content (AvgIpc) is 2.70. The molecule has 0 bridgehead atoms. The van der Waals surface area contributed by atoms with Crippen molar-refractivity contribution in [2.45, 2.75) is 91.6 Å². The Morgan fingerprint density at radius 2 is 2.00 bits per heavy atom. The molecule has 1 heterocycles. The van der Waals surface area contributed by atoms with Gasteiger partial charge < -0.3 is 10.3 Å². The van der Waals surface area contributed by atoms with Crippen LogP contribution in [0.5, 0.6) is 0 Å². The van der Waals surface area contributed by atoms with Gasteiger partial charge in [-0.25, -0.2) is 0 Å². The van der Waals surface area contributed by atoms with E-state index in [2.05, 4.69) is 45.3 Å². The lowest BCUT2D eigenvalue weighted by atomic mass is 9.74. The van der Waals surface area contributed by atoms with Gasteiger partial charge in [0.2, 0.25) is 0 Å². The standard InChI is InChI=1S/C19H34N2/c1-6-8-10-15(9-7-2)21-14(3)11-16-17(20)12-19(4,5)13-18(16)21/h11,15,17H,6-10,12-13,20H2,1-5H3. The van der Waals surface area contributed by atoms with Crippen LogP contribution < -0.4 is 5.73 Å². The summed E-state index contributed by atoms with van der Waals surface area (Å²) in [5, 5.41) is 0. The summed E-state index contributed by atoms with van der Waals surface area (Å²) in [5.74, 6) is 0. The molecule has 2 heteroatoms. The van der Waals surface area contributed by atoms with E-state index in [4.69, 9.17) is 5.73 Å². The Balaban J connectivity index is 2.39. The second-order valence-corrected chi connectivity index (χ2v) is 7.79. The lowest BCUT2D eigenvalue weighted by molar-refractivity contribution is 0.267. The first-order valence-electron chi connectivity index (χ1n) is 8.85. The summed E-state index contributed by atoms with van der Waals surface area (Å²) in [6.45, 7) is 11.6. The summed E-state index contributed by atoms with van der Waals surface area (Å²) in [5.41, 5.74) is 11.2. The second-order valence-electron chi connectivity index (χ2n) is 7.79. The minimum absolute atomic E-state index is 0.220. The quantitative estimate of drug-likeness (QED) is 0.757. The molecule has 1 aromatic rings. The smallest absolute Gasteiger partial charge is 0.0335 e. The highest BCUT2D eigenvalue weighted by atomic mass is 15.0. The minimum atomic E-state index is 0.220. The molecule has 1 aromatic heterocycles. The van der Waals surface area contributed by atoms with Crippen LogP contribution in [0.15, 0.2) is 6.07 Å². The first kappa shape index (κ1) is 16.6. The molecular weight excluding hydrogens is 256 g/mol. The molecule has 1 aliphatic carbocycles. The van der Waals surface area contributed by atoms with Gasteiger partial charge in [0, 0.05) is 23.5 Å². The van der Waals surface area contributed by atoms with Gasteiger partial charge in [-0.2, -0.15) is 0 Å². The van der Waals surface area contributed by atoms with Crippen LogP contribution in [0.1, 0.15) is 95.3 Å². The molecule has 2 N–H and O–H groups in total. The van der Waals surface area contributed by atoms with E-state index >= 15 is 0 Å². The van der Waals surface area contributed by atoms with Gasteiger partial charge in [0.05, 0.1) is 0 Å². The molecule has 0 saturated carbocycles. The number of aromatic nitrogens is 1. The van der Waals surface area contributed by atoms with Gasteiger partial charge in [-0.3, -0.25) is 0 Å². The number of fused-ring (bicyclic) bond motifs is 1. The third-order valence-corrected chi connectivity index (χ3v) is 5.06. The highest BCUT2D eigenvalue weighted by molar-refractivity contribution is 5.34. The van der Waals surface area contributed by atoms with Crippen LogP contribution in [0.3, 0.4) is 0 Å². The normalized spacial score (nSPS) is 22.1. The van der Waals surface area contributed by atoms with Crippen molar-refractivity contribution in [3.63, 3.8) is 0 Å². The SMILES string of the molecule is CCCCC(CCC)n1c(C)cc2c1CC(C)(C)CC2N. The lowest BCUT2D eigenvalue weighted by Crippen LogP contribution is -2.31. The van der Waals surface area contributed by atoms with Crippen LogP contribution in [-0.2, 0) is 6.42 Å². The molecule has 0 aromatic carbocycles. The van der Waals surface area contributed by atoms with Crippen molar-refractivity contribution in [2.24, 2.45) is 11.1 Å². The number of hydrogen-bond donors (Lipinski definition) is 1. The van der Waals surface area contributed by atoms with E-state index in [1.54, 1.807) is 0 Å². The predicted molar refractivity (Wildman–Crippen MR) is 91.7 cm³/mol. The molecule has 0 aliphatic heterocycles. The van der Waals surface area contributed by atoms with Crippen molar-refractivity contribution >= 4 is 0 Å². The van der Waals surface area contributed by atoms with Crippen LogP contribution in [-0.4, -0.2) is 4.57 Å². The highest BCUT2D eigenvalue weighted by Gasteiger charge is 2.34. The molecule has 21 heavy (non-hydrogen) atoms. The van der Waals surface area contributed by atoms with Crippen molar-refractivity contribution in [1.29, 1.82) is 0 Å². The van der Waals surface area contributed by atoms with Gasteiger partial charge in [-0.1, -0.05) is 47.0 Å². The maximum atomic E-state index is 6.47. The second kappa shape index (κ2) is 6.56. The van der Waals surface area contributed by atoms with E-state index in [9.17, 15) is 0 Å². The molecule has 120 valence electrons. The molecule has 0 amide bonds. The van der Waals surface area contributed by atoms with E-state index in [1.165, 1.54) is 55.5 Å². The molecule has 0 saturated heterocycles. The van der Waals surface area contributed by atoms with Gasteiger partial charge in [0.15, 0.2) is 0 Å². The first-order valence-corrected chi connectivity index (χ1v) is 8.85. The van der Waals surface area contributed by atoms with E-state index in [0.717, 1.165) is 6.42 Å². The predicted octanol–water partition coefficient (Wildman–Crippen LogP) is 5.30. The maximum absolute atomic E-state index is 6.47. The van der Waals surface area contributed by atoms with Crippen LogP contribution in [0.25, 0.3) is 0 Å². The van der Waals surface area contributed by atoms with Crippen LogP contribution in [0, 0.1) is 12.3 Å². The molecule has 2 nitrogen and oxygen atoms in total. The molecule has 1 aliphatic rings. The number of nitrogens with two attached hydrogens (primary N) is 1. The van der Waals surface area contributed by atoms with Crippen molar-refractivity contribution in [3.8, 4) is 0 Å². The summed E-state index contributed by atoms with van der Waals surface area (Å²) in [7, 11) is 0. The van der Waals surface area contributed by atoms with Gasteiger partial charge in [-0.05, 0) is 49.7 Å². The topological polar surface area (TPSA) is 30.9 Å². The van der Waals surface area contributed by atoms with E-state index < -0.39 is 0 Å². The fourth-order valence-corrected chi connectivity index (χ4v) is 4.15. The maximum Gasteiger partial charge on any atom is 0.0335 e. The van der Waals surface area contributed by atoms with Gasteiger partial charge in [0.25, 0.3) is 0 Å². The number of rotatable bonds is 6. The Morgan fingerprint density at radius 3 is 2.62 bits per heavy atom. The zero-order valence-corrected chi connectivity index (χ0v) is 14.7. The molecule has 2 rings (SSSR count). The van der Waals surface area contributed by atoms with E-state index in [1.807, 2.05) is 0 Å². The Labute approximate surface area is 131 Å². The van der Waals surface area contributed by atoms with Gasteiger partial charge >= 0.3 is 0 Å². The molecule has 2 atom stereocenters. The molecular formula is C19H34N2. The fraction of sp³-hybridized carbons (Fsp3) is 0.789. The first-order chi connectivity index (χ1) is 9.89. The summed E-state index contributed by atoms with van der Waals surface area (Å²) in [4.78, 5) is 0. The van der Waals surface area contributed by atoms with E-state index in [0.29, 0.717) is 11.5 Å². The Bertz CT molecular complexity index is 470. The lowest BCUT2D eigenvalue weighted by Gasteiger charge is -2.36. The summed E-state index contributed by atoms with van der Waals surface area (Å²) in [6, 6.07) is 3.25. The number of nitrogens with zero attached hydrogens (tertiary/aromatic N) is 1. The van der Waals surface area contributed by atoms with Crippen LogP contribution in [0.2, 0.25) is 0 Å². The Kier molecular flexibility index (Phi) is 5.19. The zero-order valence-electron chi connectivity index (χ0n) is 14.7. The molecule has 2 unspecified atom stereocenters. The van der Waals surface area contributed by atoms with Crippen molar-refractivity contribution in [2.75, 3.05) is 0 Å². The molecule has 0 fully saturated rings. The minimum Gasteiger partial charge on any atom is -0.346 e. The van der Waals surface area contributed by atoms with E-state index in [-0.39, 0.29) is 6.04 Å². The number of aryl methyl sites for hydroxylation is 1. The molecule has 0 spiro atoms. The summed E-state index contributed by atoms with van der Waals surface area (Å²) >= 11 is 0. The number of hydrogen-bond acceptors (Lipinski definition) is 1. The monoisotopic (exact) mass is 290 g/mol. The van der Waals surface area contributed by atoms with Crippen molar-refractivity contribution < 1.29 is 0 Å². The van der Waals surface area contributed by atoms with Crippen molar-refractivity contribution in [3.05, 3.63) is 23.0 Å². The Morgan fingerprint density at radius 1 is 1.29 bits per heavy atom. The van der Waals surface area contributed by atoms with Crippen molar-refractivity contribution in [1.82, 2.24) is 4.57 Å². The zero-order chi connectivity index (χ0) is 15.6. The van der Waals surface area contributed by atoms with Crippen LogP contribution >= 0.6 is 0 Å².